The molecule has 0 aliphatic rings. The number of hydrogen-bond donors (Lipinski definition) is 0. The highest BCUT2D eigenvalue weighted by molar-refractivity contribution is 7.89. The first-order valence-electron chi connectivity index (χ1n) is 8.89. The fourth-order valence-corrected chi connectivity index (χ4v) is 3.56. The Labute approximate surface area is 162 Å². The molecule has 0 aliphatic carbocycles. The topological polar surface area (TPSA) is 57.7 Å². The van der Waals surface area contributed by atoms with Gasteiger partial charge in [-0.25, -0.2) is 12.7 Å². The molecular formula is C21H26N2O3S. The van der Waals surface area contributed by atoms with Crippen molar-refractivity contribution in [2.45, 2.75) is 18.7 Å². The average molecular weight is 387 g/mol. The van der Waals surface area contributed by atoms with Crippen molar-refractivity contribution in [3.8, 4) is 0 Å². The Morgan fingerprint density at radius 3 is 1.96 bits per heavy atom. The summed E-state index contributed by atoms with van der Waals surface area (Å²) in [6, 6.07) is 14.0. The molecule has 0 bridgehead atoms. The Morgan fingerprint density at radius 1 is 0.926 bits per heavy atom. The van der Waals surface area contributed by atoms with Gasteiger partial charge in [-0.05, 0) is 61.9 Å². The lowest BCUT2D eigenvalue weighted by molar-refractivity contribution is 0.104. The number of sulfonamides is 1. The first kappa shape index (κ1) is 20.9. The fraction of sp³-hybridized carbons (Fsp3) is 0.286. The number of allylic oxidation sites excluding steroid dienone is 1. The largest absolute Gasteiger partial charge is 0.372 e. The van der Waals surface area contributed by atoms with Crippen molar-refractivity contribution in [1.82, 2.24) is 4.31 Å². The van der Waals surface area contributed by atoms with Crippen molar-refractivity contribution in [3.63, 3.8) is 0 Å². The molecule has 2 aromatic carbocycles. The normalized spacial score (nSPS) is 11.9. The molecule has 0 saturated carbocycles. The Morgan fingerprint density at radius 2 is 1.48 bits per heavy atom. The van der Waals surface area contributed by atoms with Crippen LogP contribution < -0.4 is 4.90 Å². The van der Waals surface area contributed by atoms with E-state index in [0.717, 1.165) is 28.6 Å². The van der Waals surface area contributed by atoms with Crippen LogP contribution in [0.15, 0.2) is 59.5 Å². The number of anilines is 1. The van der Waals surface area contributed by atoms with Crippen molar-refractivity contribution < 1.29 is 13.2 Å². The fourth-order valence-electron chi connectivity index (χ4n) is 2.66. The monoisotopic (exact) mass is 386 g/mol. The Hall–Kier alpha value is -2.44. The van der Waals surface area contributed by atoms with E-state index in [2.05, 4.69) is 18.7 Å². The molecule has 0 aliphatic heterocycles. The lowest BCUT2D eigenvalue weighted by atomic mass is 10.1. The van der Waals surface area contributed by atoms with E-state index in [9.17, 15) is 13.2 Å². The van der Waals surface area contributed by atoms with Crippen LogP contribution in [-0.2, 0) is 10.0 Å². The Bertz CT molecular complexity index is 895. The maximum Gasteiger partial charge on any atom is 0.242 e. The first-order valence-corrected chi connectivity index (χ1v) is 10.3. The van der Waals surface area contributed by atoms with Crippen molar-refractivity contribution in [2.75, 3.05) is 32.1 Å². The molecule has 0 amide bonds. The van der Waals surface area contributed by atoms with Gasteiger partial charge in [-0.15, -0.1) is 0 Å². The maximum atomic E-state index is 12.3. The molecule has 144 valence electrons. The summed E-state index contributed by atoms with van der Waals surface area (Å²) in [6.07, 6.45) is 3.26. The maximum absolute atomic E-state index is 12.3. The number of carbonyl (C=O) groups is 1. The molecule has 0 saturated heterocycles. The van der Waals surface area contributed by atoms with Gasteiger partial charge in [-0.2, -0.15) is 0 Å². The number of nitrogens with zero attached hydrogens (tertiary/aromatic N) is 2. The molecule has 0 radical (unpaired) electrons. The summed E-state index contributed by atoms with van der Waals surface area (Å²) in [6.45, 7) is 6.13. The summed E-state index contributed by atoms with van der Waals surface area (Å²) in [5.41, 5.74) is 2.54. The van der Waals surface area contributed by atoms with Gasteiger partial charge in [0.1, 0.15) is 0 Å². The van der Waals surface area contributed by atoms with Gasteiger partial charge in [0.25, 0.3) is 0 Å². The summed E-state index contributed by atoms with van der Waals surface area (Å²) in [5, 5.41) is 0. The van der Waals surface area contributed by atoms with Gasteiger partial charge in [0.05, 0.1) is 4.90 Å². The smallest absolute Gasteiger partial charge is 0.242 e. The number of benzene rings is 2. The van der Waals surface area contributed by atoms with Crippen LogP contribution in [0, 0.1) is 0 Å². The Kier molecular flexibility index (Phi) is 6.93. The van der Waals surface area contributed by atoms with E-state index in [-0.39, 0.29) is 10.7 Å². The quantitative estimate of drug-likeness (QED) is 0.513. The Balaban J connectivity index is 2.10. The van der Waals surface area contributed by atoms with Crippen molar-refractivity contribution in [2.24, 2.45) is 0 Å². The van der Waals surface area contributed by atoms with Gasteiger partial charge in [0.15, 0.2) is 5.78 Å². The summed E-state index contributed by atoms with van der Waals surface area (Å²) in [4.78, 5) is 14.7. The van der Waals surface area contributed by atoms with Crippen molar-refractivity contribution in [3.05, 3.63) is 65.7 Å². The van der Waals surface area contributed by atoms with Crippen molar-refractivity contribution >= 4 is 27.6 Å². The SMILES string of the molecule is CCN(CC)c1ccc(/C=C/C(=O)c2ccc(S(=O)(=O)N(C)C)cc2)cc1. The zero-order chi connectivity index (χ0) is 20.0. The standard InChI is InChI=1S/C21H26N2O3S/c1-5-23(6-2)19-12-7-17(8-13-19)9-16-21(24)18-10-14-20(15-11-18)27(25,26)22(3)4/h7-16H,5-6H2,1-4H3/b16-9+. The highest BCUT2D eigenvalue weighted by Gasteiger charge is 2.17. The molecule has 5 nitrogen and oxygen atoms in total. The summed E-state index contributed by atoms with van der Waals surface area (Å²) in [5.74, 6) is -0.170. The van der Waals surface area contributed by atoms with Crippen molar-refractivity contribution in [1.29, 1.82) is 0 Å². The third-order valence-corrected chi connectivity index (χ3v) is 6.20. The van der Waals surface area contributed by atoms with Gasteiger partial charge in [0, 0.05) is 38.4 Å². The molecule has 0 atom stereocenters. The zero-order valence-electron chi connectivity index (χ0n) is 16.2. The lowest BCUT2D eigenvalue weighted by Gasteiger charge is -2.20. The van der Waals surface area contributed by atoms with Gasteiger partial charge >= 0.3 is 0 Å². The minimum Gasteiger partial charge on any atom is -0.372 e. The second kappa shape index (κ2) is 8.97. The van der Waals surface area contributed by atoms with Crippen LogP contribution in [0.25, 0.3) is 6.08 Å². The van der Waals surface area contributed by atoms with Crippen LogP contribution in [0.2, 0.25) is 0 Å². The predicted molar refractivity (Wildman–Crippen MR) is 111 cm³/mol. The molecule has 0 spiro atoms. The van der Waals surface area contributed by atoms with Crippen LogP contribution in [0.3, 0.4) is 0 Å². The van der Waals surface area contributed by atoms with E-state index in [0.29, 0.717) is 5.56 Å². The van der Waals surface area contributed by atoms with Crippen LogP contribution >= 0.6 is 0 Å². The lowest BCUT2D eigenvalue weighted by Crippen LogP contribution is -2.22. The summed E-state index contributed by atoms with van der Waals surface area (Å²) in [7, 11) is -0.541. The number of rotatable bonds is 8. The summed E-state index contributed by atoms with van der Waals surface area (Å²) < 4.78 is 25.3. The predicted octanol–water partition coefficient (Wildman–Crippen LogP) is 3.68. The zero-order valence-corrected chi connectivity index (χ0v) is 17.0. The van der Waals surface area contributed by atoms with Gasteiger partial charge in [-0.1, -0.05) is 18.2 Å². The number of carbonyl (C=O) groups excluding carboxylic acids is 1. The molecule has 27 heavy (non-hydrogen) atoms. The molecular weight excluding hydrogens is 360 g/mol. The molecule has 0 fully saturated rings. The second-order valence-corrected chi connectivity index (χ2v) is 8.43. The molecule has 6 heteroatoms. The van der Waals surface area contributed by atoms with E-state index in [1.807, 2.05) is 24.3 Å². The molecule has 0 unspecified atom stereocenters. The van der Waals surface area contributed by atoms with E-state index >= 15 is 0 Å². The van der Waals surface area contributed by atoms with Gasteiger partial charge < -0.3 is 4.90 Å². The van der Waals surface area contributed by atoms with Crippen LogP contribution in [-0.4, -0.2) is 45.7 Å². The molecule has 2 rings (SSSR count). The highest BCUT2D eigenvalue weighted by atomic mass is 32.2. The minimum absolute atomic E-state index is 0.167. The first-order chi connectivity index (χ1) is 12.8. The molecule has 0 N–H and O–H groups in total. The van der Waals surface area contributed by atoms with Crippen LogP contribution in [0.5, 0.6) is 0 Å². The van der Waals surface area contributed by atoms with Gasteiger partial charge in [0.2, 0.25) is 10.0 Å². The minimum atomic E-state index is -3.49. The number of ketones is 1. The van der Waals surface area contributed by atoms with Gasteiger partial charge in [-0.3, -0.25) is 4.79 Å². The van der Waals surface area contributed by atoms with Crippen LogP contribution in [0.4, 0.5) is 5.69 Å². The third kappa shape index (κ3) is 5.05. The highest BCUT2D eigenvalue weighted by Crippen LogP contribution is 2.17. The van der Waals surface area contributed by atoms with Crippen LogP contribution in [0.1, 0.15) is 29.8 Å². The van der Waals surface area contributed by atoms with E-state index < -0.39 is 10.0 Å². The van der Waals surface area contributed by atoms with E-state index in [1.54, 1.807) is 6.08 Å². The molecule has 0 aromatic heterocycles. The summed E-state index contributed by atoms with van der Waals surface area (Å²) >= 11 is 0. The third-order valence-electron chi connectivity index (χ3n) is 4.37. The second-order valence-electron chi connectivity index (χ2n) is 6.27. The average Bonchev–Trinajstić information content (AvgIpc) is 2.68. The van der Waals surface area contributed by atoms with E-state index in [1.165, 1.54) is 44.4 Å². The molecule has 0 heterocycles. The molecule has 2 aromatic rings. The van der Waals surface area contributed by atoms with E-state index in [4.69, 9.17) is 0 Å². The number of hydrogen-bond acceptors (Lipinski definition) is 4.